The minimum absolute atomic E-state index is 0.0235. The predicted molar refractivity (Wildman–Crippen MR) is 107 cm³/mol. The van der Waals surface area contributed by atoms with Crippen LogP contribution in [0.2, 0.25) is 0 Å². The number of nitrogens with zero attached hydrogens (tertiary/aromatic N) is 2. The van der Waals surface area contributed by atoms with E-state index < -0.39 is 0 Å². The maximum absolute atomic E-state index is 11.6. The van der Waals surface area contributed by atoms with Crippen molar-refractivity contribution in [3.63, 3.8) is 0 Å². The number of carbonyl (C=O) groups excluding carboxylic acids is 1. The van der Waals surface area contributed by atoms with Crippen LogP contribution in [0, 0.1) is 6.92 Å². The first-order valence-corrected chi connectivity index (χ1v) is 8.77. The Bertz CT molecular complexity index is 939. The number of ether oxygens (including phenoxy) is 1. The molecular formula is C21H22N4O2. The van der Waals surface area contributed by atoms with Crippen LogP contribution in [0.25, 0.3) is 0 Å². The molecular weight excluding hydrogens is 340 g/mol. The maximum atomic E-state index is 11.6. The monoisotopic (exact) mass is 362 g/mol. The standard InChI is InChI=1S/C21H22N4O2/c1-4-27-19-10-8-17(9-11-19)24-20-13-21(23-15(3)22-20)25-18-7-5-6-16(12-18)14(2)26/h5-13H,4H2,1-3H3,(H2,22,23,24,25). The molecule has 0 unspecified atom stereocenters. The number of ketones is 1. The maximum Gasteiger partial charge on any atom is 0.159 e. The Morgan fingerprint density at radius 2 is 1.63 bits per heavy atom. The summed E-state index contributed by atoms with van der Waals surface area (Å²) in [5, 5.41) is 6.50. The van der Waals surface area contributed by atoms with E-state index in [0.29, 0.717) is 29.6 Å². The summed E-state index contributed by atoms with van der Waals surface area (Å²) in [5.41, 5.74) is 2.35. The fraction of sp³-hybridized carbons (Fsp3) is 0.190. The van der Waals surface area contributed by atoms with Gasteiger partial charge in [0.25, 0.3) is 0 Å². The minimum Gasteiger partial charge on any atom is -0.494 e. The van der Waals surface area contributed by atoms with Crippen molar-refractivity contribution in [1.82, 2.24) is 9.97 Å². The largest absolute Gasteiger partial charge is 0.494 e. The van der Waals surface area contributed by atoms with Gasteiger partial charge in [-0.05, 0) is 57.2 Å². The highest BCUT2D eigenvalue weighted by atomic mass is 16.5. The molecule has 0 aliphatic carbocycles. The lowest BCUT2D eigenvalue weighted by Gasteiger charge is -2.11. The number of carbonyl (C=O) groups is 1. The first-order chi connectivity index (χ1) is 13.0. The van der Waals surface area contributed by atoms with Crippen molar-refractivity contribution >= 4 is 28.8 Å². The molecule has 27 heavy (non-hydrogen) atoms. The van der Waals surface area contributed by atoms with Crippen molar-refractivity contribution in [3.8, 4) is 5.75 Å². The lowest BCUT2D eigenvalue weighted by molar-refractivity contribution is 0.101. The van der Waals surface area contributed by atoms with Gasteiger partial charge in [0.05, 0.1) is 6.61 Å². The molecule has 0 saturated carbocycles. The fourth-order valence-corrected chi connectivity index (χ4v) is 2.61. The fourth-order valence-electron chi connectivity index (χ4n) is 2.61. The molecule has 138 valence electrons. The molecule has 0 fully saturated rings. The summed E-state index contributed by atoms with van der Waals surface area (Å²) in [4.78, 5) is 20.4. The zero-order valence-electron chi connectivity index (χ0n) is 15.6. The number of rotatable bonds is 7. The Morgan fingerprint density at radius 1 is 0.963 bits per heavy atom. The Morgan fingerprint density at radius 3 is 2.26 bits per heavy atom. The lowest BCUT2D eigenvalue weighted by atomic mass is 10.1. The predicted octanol–water partition coefficient (Wildman–Crippen LogP) is 4.87. The molecule has 6 heteroatoms. The van der Waals surface area contributed by atoms with E-state index in [2.05, 4.69) is 20.6 Å². The van der Waals surface area contributed by atoms with E-state index in [1.165, 1.54) is 0 Å². The highest BCUT2D eigenvalue weighted by Crippen LogP contribution is 2.22. The van der Waals surface area contributed by atoms with E-state index in [1.807, 2.05) is 56.3 Å². The smallest absolute Gasteiger partial charge is 0.159 e. The lowest BCUT2D eigenvalue weighted by Crippen LogP contribution is -2.02. The summed E-state index contributed by atoms with van der Waals surface area (Å²) in [5.74, 6) is 2.81. The third-order valence-electron chi connectivity index (χ3n) is 3.82. The molecule has 0 bridgehead atoms. The molecule has 3 rings (SSSR count). The number of aromatic nitrogens is 2. The number of benzene rings is 2. The summed E-state index contributed by atoms with van der Waals surface area (Å²) in [6.45, 7) is 5.97. The number of aryl methyl sites for hydroxylation is 1. The number of nitrogens with one attached hydrogen (secondary N) is 2. The van der Waals surface area contributed by atoms with Gasteiger partial charge >= 0.3 is 0 Å². The number of Topliss-reactive ketones (excluding diaryl/α,β-unsaturated/α-hetero) is 1. The van der Waals surface area contributed by atoms with Crippen LogP contribution in [-0.4, -0.2) is 22.4 Å². The van der Waals surface area contributed by atoms with Gasteiger partial charge in [0.1, 0.15) is 23.2 Å². The molecule has 1 aromatic heterocycles. The summed E-state index contributed by atoms with van der Waals surface area (Å²) in [6, 6.07) is 16.8. The molecule has 0 radical (unpaired) electrons. The van der Waals surface area contributed by atoms with Crippen LogP contribution in [0.4, 0.5) is 23.0 Å². The van der Waals surface area contributed by atoms with E-state index in [1.54, 1.807) is 19.1 Å². The van der Waals surface area contributed by atoms with E-state index in [4.69, 9.17) is 4.74 Å². The van der Waals surface area contributed by atoms with Gasteiger partial charge in [0, 0.05) is 23.0 Å². The molecule has 2 aromatic carbocycles. The van der Waals surface area contributed by atoms with Gasteiger partial charge in [-0.25, -0.2) is 9.97 Å². The van der Waals surface area contributed by atoms with Crippen molar-refractivity contribution in [1.29, 1.82) is 0 Å². The molecule has 6 nitrogen and oxygen atoms in total. The van der Waals surface area contributed by atoms with E-state index in [9.17, 15) is 4.79 Å². The third kappa shape index (κ3) is 5.04. The van der Waals surface area contributed by atoms with Crippen LogP contribution in [-0.2, 0) is 0 Å². The first kappa shape index (κ1) is 18.4. The third-order valence-corrected chi connectivity index (χ3v) is 3.82. The summed E-state index contributed by atoms with van der Waals surface area (Å²) in [7, 11) is 0. The van der Waals surface area contributed by atoms with E-state index in [-0.39, 0.29) is 5.78 Å². The number of anilines is 4. The van der Waals surface area contributed by atoms with Crippen LogP contribution in [0.3, 0.4) is 0 Å². The Hall–Kier alpha value is -3.41. The molecule has 0 saturated heterocycles. The molecule has 0 spiro atoms. The van der Waals surface area contributed by atoms with Gasteiger partial charge in [-0.3, -0.25) is 4.79 Å². The molecule has 3 aromatic rings. The highest BCUT2D eigenvalue weighted by Gasteiger charge is 2.05. The Balaban J connectivity index is 1.77. The normalized spacial score (nSPS) is 10.3. The van der Waals surface area contributed by atoms with Gasteiger partial charge in [-0.1, -0.05) is 12.1 Å². The summed E-state index contributed by atoms with van der Waals surface area (Å²) in [6.07, 6.45) is 0. The molecule has 2 N–H and O–H groups in total. The van der Waals surface area contributed by atoms with Crippen molar-refractivity contribution < 1.29 is 9.53 Å². The first-order valence-electron chi connectivity index (χ1n) is 8.77. The van der Waals surface area contributed by atoms with Gasteiger partial charge in [-0.15, -0.1) is 0 Å². The minimum atomic E-state index is 0.0235. The van der Waals surface area contributed by atoms with Crippen molar-refractivity contribution in [2.24, 2.45) is 0 Å². The van der Waals surface area contributed by atoms with Crippen LogP contribution >= 0.6 is 0 Å². The second kappa shape index (κ2) is 8.31. The zero-order chi connectivity index (χ0) is 19.2. The molecule has 0 aliphatic rings. The van der Waals surface area contributed by atoms with Crippen LogP contribution in [0.1, 0.15) is 30.0 Å². The number of hydrogen-bond acceptors (Lipinski definition) is 6. The average molecular weight is 362 g/mol. The second-order valence-electron chi connectivity index (χ2n) is 6.03. The molecule has 0 atom stereocenters. The topological polar surface area (TPSA) is 76.1 Å². The van der Waals surface area contributed by atoms with Crippen LogP contribution in [0.5, 0.6) is 5.75 Å². The molecule has 0 amide bonds. The second-order valence-corrected chi connectivity index (χ2v) is 6.03. The van der Waals surface area contributed by atoms with Crippen LogP contribution < -0.4 is 15.4 Å². The Labute approximate surface area is 158 Å². The summed E-state index contributed by atoms with van der Waals surface area (Å²) >= 11 is 0. The summed E-state index contributed by atoms with van der Waals surface area (Å²) < 4.78 is 5.45. The van der Waals surface area contributed by atoms with Crippen LogP contribution in [0.15, 0.2) is 54.6 Å². The quantitative estimate of drug-likeness (QED) is 0.584. The van der Waals surface area contributed by atoms with Crippen molar-refractivity contribution in [2.45, 2.75) is 20.8 Å². The highest BCUT2D eigenvalue weighted by molar-refractivity contribution is 5.95. The van der Waals surface area contributed by atoms with Gasteiger partial charge in [0.15, 0.2) is 5.78 Å². The van der Waals surface area contributed by atoms with Crippen molar-refractivity contribution in [2.75, 3.05) is 17.2 Å². The average Bonchev–Trinajstić information content (AvgIpc) is 2.63. The SMILES string of the molecule is CCOc1ccc(Nc2cc(Nc3cccc(C(C)=O)c3)nc(C)n2)cc1. The van der Waals surface area contributed by atoms with Crippen molar-refractivity contribution in [3.05, 3.63) is 66.0 Å². The van der Waals surface area contributed by atoms with Gasteiger partial charge < -0.3 is 15.4 Å². The van der Waals surface area contributed by atoms with E-state index in [0.717, 1.165) is 17.1 Å². The van der Waals surface area contributed by atoms with Gasteiger partial charge in [-0.2, -0.15) is 0 Å². The zero-order valence-corrected chi connectivity index (χ0v) is 15.6. The number of hydrogen-bond donors (Lipinski definition) is 2. The van der Waals surface area contributed by atoms with Gasteiger partial charge in [0.2, 0.25) is 0 Å². The Kier molecular flexibility index (Phi) is 5.66. The van der Waals surface area contributed by atoms with E-state index >= 15 is 0 Å². The molecule has 0 aliphatic heterocycles. The molecule has 1 heterocycles.